The predicted octanol–water partition coefficient (Wildman–Crippen LogP) is 4.56. The van der Waals surface area contributed by atoms with Crippen molar-refractivity contribution in [3.8, 4) is 0 Å². The molecule has 0 saturated carbocycles. The van der Waals surface area contributed by atoms with Gasteiger partial charge in [-0.15, -0.1) is 0 Å². The van der Waals surface area contributed by atoms with Gasteiger partial charge < -0.3 is 14.8 Å². The Bertz CT molecular complexity index is 1170. The van der Waals surface area contributed by atoms with Crippen LogP contribution in [0.2, 0.25) is 5.02 Å². The molecule has 2 aliphatic rings. The predicted molar refractivity (Wildman–Crippen MR) is 132 cm³/mol. The van der Waals surface area contributed by atoms with Gasteiger partial charge in [0.1, 0.15) is 0 Å². The summed E-state index contributed by atoms with van der Waals surface area (Å²) in [5.41, 5.74) is 2.55. The van der Waals surface area contributed by atoms with Gasteiger partial charge in [-0.1, -0.05) is 35.9 Å². The van der Waals surface area contributed by atoms with Crippen molar-refractivity contribution in [2.24, 2.45) is 5.92 Å². The van der Waals surface area contributed by atoms with Crippen LogP contribution in [0.3, 0.4) is 0 Å². The first kappa shape index (κ1) is 22.2. The highest BCUT2D eigenvalue weighted by Gasteiger charge is 2.27. The highest BCUT2D eigenvalue weighted by molar-refractivity contribution is 6.33. The van der Waals surface area contributed by atoms with Crippen LogP contribution < -0.4 is 5.69 Å². The normalized spacial score (nSPS) is 18.8. The van der Waals surface area contributed by atoms with Crippen molar-refractivity contribution in [2.45, 2.75) is 38.1 Å². The molecule has 0 unspecified atom stereocenters. The highest BCUT2D eigenvalue weighted by atomic mass is 35.5. The number of carbonyl (C=O) groups excluding carboxylic acids is 1. The number of imidazole rings is 1. The average molecular weight is 467 g/mol. The summed E-state index contributed by atoms with van der Waals surface area (Å²) in [6.07, 6.45) is 5.29. The maximum atomic E-state index is 12.8. The van der Waals surface area contributed by atoms with Gasteiger partial charge in [0.2, 0.25) is 0 Å². The molecule has 7 heteroatoms. The van der Waals surface area contributed by atoms with Crippen LogP contribution in [0.1, 0.15) is 48.5 Å². The van der Waals surface area contributed by atoms with Gasteiger partial charge in [-0.05, 0) is 68.8 Å². The van der Waals surface area contributed by atoms with Crippen LogP contribution in [-0.2, 0) is 0 Å². The minimum atomic E-state index is 0.00717. The standard InChI is InChI=1S/C26H31ClN4O2/c27-22-6-2-1-5-21(22)25(32)30-17-10-19(11-18-30)9-14-29-15-12-20(13-16-29)31-24-8-4-3-7-23(24)28-26(31)33/h1-8,19-20H,9-18H2,(H,28,33). The highest BCUT2D eigenvalue weighted by Crippen LogP contribution is 2.27. The first-order valence-corrected chi connectivity index (χ1v) is 12.4. The van der Waals surface area contributed by atoms with E-state index in [4.69, 9.17) is 11.6 Å². The fourth-order valence-electron chi connectivity index (χ4n) is 5.43. The Hall–Kier alpha value is -2.57. The molecule has 3 heterocycles. The van der Waals surface area contributed by atoms with Gasteiger partial charge in [-0.25, -0.2) is 4.79 Å². The Morgan fingerprint density at radius 2 is 1.64 bits per heavy atom. The first-order valence-electron chi connectivity index (χ1n) is 12.1. The number of likely N-dealkylation sites (tertiary alicyclic amines) is 2. The molecule has 0 aliphatic carbocycles. The number of amides is 1. The Labute approximate surface area is 199 Å². The molecule has 0 radical (unpaired) electrons. The van der Waals surface area contributed by atoms with Gasteiger partial charge in [0, 0.05) is 32.2 Å². The Morgan fingerprint density at radius 1 is 0.939 bits per heavy atom. The van der Waals surface area contributed by atoms with E-state index in [9.17, 15) is 9.59 Å². The fraction of sp³-hybridized carbons (Fsp3) is 0.462. The molecule has 2 aliphatic heterocycles. The molecule has 3 aromatic rings. The van der Waals surface area contributed by atoms with E-state index in [1.54, 1.807) is 6.07 Å². The molecule has 0 bridgehead atoms. The third kappa shape index (κ3) is 4.73. The summed E-state index contributed by atoms with van der Waals surface area (Å²) in [5, 5.41) is 0.530. The molecule has 33 heavy (non-hydrogen) atoms. The number of fused-ring (bicyclic) bond motifs is 1. The molecule has 1 amide bonds. The minimum Gasteiger partial charge on any atom is -0.339 e. The largest absolute Gasteiger partial charge is 0.339 e. The monoisotopic (exact) mass is 466 g/mol. The van der Waals surface area contributed by atoms with Crippen molar-refractivity contribution >= 4 is 28.5 Å². The van der Waals surface area contributed by atoms with Crippen molar-refractivity contribution in [3.63, 3.8) is 0 Å². The Balaban J connectivity index is 1.08. The van der Waals surface area contributed by atoms with Crippen LogP contribution in [-0.4, -0.2) is 58.0 Å². The third-order valence-electron chi connectivity index (χ3n) is 7.41. The molecular formula is C26H31ClN4O2. The lowest BCUT2D eigenvalue weighted by molar-refractivity contribution is 0.0678. The van der Waals surface area contributed by atoms with Gasteiger partial charge in [-0.3, -0.25) is 9.36 Å². The van der Waals surface area contributed by atoms with Gasteiger partial charge in [-0.2, -0.15) is 0 Å². The van der Waals surface area contributed by atoms with E-state index in [1.165, 1.54) is 6.42 Å². The summed E-state index contributed by atoms with van der Waals surface area (Å²) in [4.78, 5) is 32.7. The molecular weight excluding hydrogens is 436 g/mol. The topological polar surface area (TPSA) is 61.3 Å². The van der Waals surface area contributed by atoms with E-state index in [0.29, 0.717) is 16.5 Å². The number of hydrogen-bond acceptors (Lipinski definition) is 3. The molecule has 0 atom stereocenters. The van der Waals surface area contributed by atoms with E-state index >= 15 is 0 Å². The SMILES string of the molecule is O=C(c1ccccc1Cl)N1CCC(CCN2CCC(n3c(=O)[nH]c4ccccc43)CC2)CC1. The lowest BCUT2D eigenvalue weighted by Gasteiger charge is -2.35. The van der Waals surface area contributed by atoms with Crippen molar-refractivity contribution < 1.29 is 4.79 Å². The molecule has 2 aromatic carbocycles. The summed E-state index contributed by atoms with van der Waals surface area (Å²) in [6, 6.07) is 15.5. The summed E-state index contributed by atoms with van der Waals surface area (Å²) < 4.78 is 1.96. The zero-order chi connectivity index (χ0) is 22.8. The van der Waals surface area contributed by atoms with Crippen molar-refractivity contribution in [1.29, 1.82) is 0 Å². The number of aromatic amines is 1. The van der Waals surface area contributed by atoms with Crippen molar-refractivity contribution in [2.75, 3.05) is 32.7 Å². The summed E-state index contributed by atoms with van der Waals surface area (Å²) >= 11 is 6.21. The second-order valence-electron chi connectivity index (χ2n) is 9.39. The number of hydrogen-bond donors (Lipinski definition) is 1. The van der Waals surface area contributed by atoms with Crippen LogP contribution in [0, 0.1) is 5.92 Å². The zero-order valence-electron chi connectivity index (χ0n) is 18.9. The second kappa shape index (κ2) is 9.74. The van der Waals surface area contributed by atoms with E-state index in [-0.39, 0.29) is 17.6 Å². The molecule has 1 N–H and O–H groups in total. The van der Waals surface area contributed by atoms with Crippen LogP contribution in [0.5, 0.6) is 0 Å². The summed E-state index contributed by atoms with van der Waals surface area (Å²) in [7, 11) is 0. The number of nitrogens with zero attached hydrogens (tertiary/aromatic N) is 3. The van der Waals surface area contributed by atoms with Crippen LogP contribution in [0.25, 0.3) is 11.0 Å². The summed E-state index contributed by atoms with van der Waals surface area (Å²) in [5.74, 6) is 0.711. The number of H-pyrrole nitrogens is 1. The number of rotatable bonds is 5. The maximum absolute atomic E-state index is 12.8. The fourth-order valence-corrected chi connectivity index (χ4v) is 5.65. The molecule has 6 nitrogen and oxygen atoms in total. The Morgan fingerprint density at radius 3 is 2.39 bits per heavy atom. The van der Waals surface area contributed by atoms with Gasteiger partial charge in [0.05, 0.1) is 21.6 Å². The molecule has 1 aromatic heterocycles. The lowest BCUT2D eigenvalue weighted by Crippen LogP contribution is -2.40. The van der Waals surface area contributed by atoms with E-state index in [2.05, 4.69) is 9.88 Å². The molecule has 5 rings (SSSR count). The number of carbonyl (C=O) groups is 1. The third-order valence-corrected chi connectivity index (χ3v) is 7.74. The number of benzene rings is 2. The smallest absolute Gasteiger partial charge is 0.326 e. The number of nitrogens with one attached hydrogen (secondary N) is 1. The number of para-hydroxylation sites is 2. The van der Waals surface area contributed by atoms with Gasteiger partial charge in [0.25, 0.3) is 5.91 Å². The van der Waals surface area contributed by atoms with Crippen LogP contribution in [0.15, 0.2) is 53.3 Å². The van der Waals surface area contributed by atoms with Crippen molar-refractivity contribution in [3.05, 3.63) is 69.6 Å². The lowest BCUT2D eigenvalue weighted by atomic mass is 9.92. The quantitative estimate of drug-likeness (QED) is 0.599. The van der Waals surface area contributed by atoms with E-state index in [1.807, 2.05) is 51.9 Å². The maximum Gasteiger partial charge on any atom is 0.326 e. The molecule has 174 valence electrons. The van der Waals surface area contributed by atoms with Crippen LogP contribution in [0.4, 0.5) is 0 Å². The number of aromatic nitrogens is 2. The Kier molecular flexibility index (Phi) is 6.56. The molecule has 0 spiro atoms. The van der Waals surface area contributed by atoms with Crippen molar-refractivity contribution in [1.82, 2.24) is 19.4 Å². The second-order valence-corrected chi connectivity index (χ2v) is 9.80. The van der Waals surface area contributed by atoms with Gasteiger partial charge >= 0.3 is 5.69 Å². The zero-order valence-corrected chi connectivity index (χ0v) is 19.6. The van der Waals surface area contributed by atoms with Gasteiger partial charge in [0.15, 0.2) is 0 Å². The summed E-state index contributed by atoms with van der Waals surface area (Å²) in [6.45, 7) is 4.76. The average Bonchev–Trinajstić information content (AvgIpc) is 3.19. The molecule has 2 fully saturated rings. The molecule has 2 saturated heterocycles. The van der Waals surface area contributed by atoms with E-state index < -0.39 is 0 Å². The number of piperidine rings is 2. The number of halogens is 1. The van der Waals surface area contributed by atoms with Crippen LogP contribution >= 0.6 is 11.6 Å². The first-order chi connectivity index (χ1) is 16.1. The minimum absolute atomic E-state index is 0.00717. The van der Waals surface area contributed by atoms with E-state index in [0.717, 1.165) is 69.4 Å².